The molecule has 0 atom stereocenters. The van der Waals surface area contributed by atoms with E-state index in [2.05, 4.69) is 15.9 Å². The van der Waals surface area contributed by atoms with Crippen molar-refractivity contribution in [3.8, 4) is 5.69 Å². The molecule has 0 aliphatic carbocycles. The summed E-state index contributed by atoms with van der Waals surface area (Å²) in [5.41, 5.74) is -3.15. The van der Waals surface area contributed by atoms with Crippen LogP contribution in [-0.2, 0) is 6.18 Å². The maximum Gasteiger partial charge on any atom is 0.418 e. The molecule has 0 fully saturated rings. The van der Waals surface area contributed by atoms with Gasteiger partial charge in [-0.3, -0.25) is 4.57 Å². The Hall–Kier alpha value is -2.29. The number of aromatic carboxylic acids is 2. The quantitative estimate of drug-likeness (QED) is 0.855. The second-order valence-corrected chi connectivity index (χ2v) is 5.00. The first-order valence-electron chi connectivity index (χ1n) is 5.69. The van der Waals surface area contributed by atoms with Gasteiger partial charge < -0.3 is 10.2 Å². The van der Waals surface area contributed by atoms with Gasteiger partial charge in [0.1, 0.15) is 5.69 Å². The van der Waals surface area contributed by atoms with Crippen LogP contribution in [0.2, 0.25) is 0 Å². The number of alkyl halides is 3. The van der Waals surface area contributed by atoms with Crippen LogP contribution in [-0.4, -0.2) is 26.7 Å². The van der Waals surface area contributed by atoms with Crippen molar-refractivity contribution in [2.45, 2.75) is 6.18 Å². The topological polar surface area (TPSA) is 79.5 Å². The van der Waals surface area contributed by atoms with E-state index in [9.17, 15) is 22.8 Å². The molecule has 2 rings (SSSR count). The Balaban J connectivity index is 2.93. The molecular formula is C13H7BrF3NO4. The van der Waals surface area contributed by atoms with Gasteiger partial charge in [-0.1, -0.05) is 6.07 Å². The summed E-state index contributed by atoms with van der Waals surface area (Å²) in [6.07, 6.45) is -4.85. The van der Waals surface area contributed by atoms with Crippen molar-refractivity contribution in [1.82, 2.24) is 4.57 Å². The van der Waals surface area contributed by atoms with E-state index >= 15 is 0 Å². The molecule has 0 aliphatic heterocycles. The van der Waals surface area contributed by atoms with E-state index in [0.717, 1.165) is 18.2 Å². The molecule has 0 bridgehead atoms. The zero-order valence-corrected chi connectivity index (χ0v) is 12.1. The summed E-state index contributed by atoms with van der Waals surface area (Å²) >= 11 is 2.95. The second-order valence-electron chi connectivity index (χ2n) is 4.19. The normalized spacial score (nSPS) is 11.5. The molecular weight excluding hydrogens is 371 g/mol. The summed E-state index contributed by atoms with van der Waals surface area (Å²) in [4.78, 5) is 22.4. The highest BCUT2D eigenvalue weighted by Gasteiger charge is 2.37. The lowest BCUT2D eigenvalue weighted by Crippen LogP contribution is -2.18. The van der Waals surface area contributed by atoms with E-state index in [4.69, 9.17) is 10.2 Å². The van der Waals surface area contributed by atoms with Crippen LogP contribution in [0.3, 0.4) is 0 Å². The Bertz CT molecular complexity index is 767. The summed E-state index contributed by atoms with van der Waals surface area (Å²) in [6, 6.07) is 4.92. The number of hydrogen-bond donors (Lipinski definition) is 2. The van der Waals surface area contributed by atoms with E-state index in [0.29, 0.717) is 10.6 Å². The predicted octanol–water partition coefficient (Wildman–Crippen LogP) is 3.66. The zero-order valence-electron chi connectivity index (χ0n) is 10.6. The molecule has 2 N–H and O–H groups in total. The Morgan fingerprint density at radius 1 is 1.05 bits per heavy atom. The molecule has 5 nitrogen and oxygen atoms in total. The van der Waals surface area contributed by atoms with Crippen LogP contribution in [0.15, 0.2) is 34.9 Å². The maximum absolute atomic E-state index is 13.2. The van der Waals surface area contributed by atoms with E-state index in [1.54, 1.807) is 0 Å². The van der Waals surface area contributed by atoms with E-state index < -0.39 is 40.6 Å². The minimum Gasteiger partial charge on any atom is -0.478 e. The average Bonchev–Trinajstić information content (AvgIpc) is 2.78. The van der Waals surface area contributed by atoms with Crippen LogP contribution in [0, 0.1) is 0 Å². The highest BCUT2D eigenvalue weighted by Crippen LogP contribution is 2.37. The summed E-state index contributed by atoms with van der Waals surface area (Å²) in [5.74, 6) is -3.09. The molecule has 1 aromatic heterocycles. The first kappa shape index (κ1) is 16.1. The summed E-state index contributed by atoms with van der Waals surface area (Å²) < 4.78 is 40.2. The average molecular weight is 378 g/mol. The number of carboxylic acid groups (broad SMARTS) is 2. The van der Waals surface area contributed by atoms with E-state index in [1.807, 2.05) is 0 Å². The van der Waals surface area contributed by atoms with Crippen LogP contribution in [0.25, 0.3) is 5.69 Å². The number of aromatic nitrogens is 1. The molecule has 1 aromatic carbocycles. The molecule has 1 heterocycles. The zero-order chi connectivity index (χ0) is 16.7. The number of nitrogens with zero attached hydrogens (tertiary/aromatic N) is 1. The van der Waals surface area contributed by atoms with Crippen LogP contribution in [0.1, 0.15) is 26.4 Å². The molecule has 2 aromatic rings. The van der Waals surface area contributed by atoms with E-state index in [-0.39, 0.29) is 4.60 Å². The van der Waals surface area contributed by atoms with Gasteiger partial charge in [0, 0.05) is 0 Å². The van der Waals surface area contributed by atoms with Crippen LogP contribution >= 0.6 is 15.9 Å². The SMILES string of the molecule is O=C(O)c1cccc(C(F)(F)F)c1-n1c(Br)ccc1C(=O)O. The van der Waals surface area contributed by atoms with Gasteiger partial charge >= 0.3 is 18.1 Å². The monoisotopic (exact) mass is 377 g/mol. The Morgan fingerprint density at radius 3 is 2.18 bits per heavy atom. The van der Waals surface area contributed by atoms with Crippen molar-refractivity contribution in [1.29, 1.82) is 0 Å². The van der Waals surface area contributed by atoms with Gasteiger partial charge in [0.05, 0.1) is 21.4 Å². The number of halogens is 4. The number of hydrogen-bond acceptors (Lipinski definition) is 2. The predicted molar refractivity (Wildman–Crippen MR) is 72.4 cm³/mol. The van der Waals surface area contributed by atoms with Crippen molar-refractivity contribution in [2.75, 3.05) is 0 Å². The first-order valence-corrected chi connectivity index (χ1v) is 6.48. The highest BCUT2D eigenvalue weighted by molar-refractivity contribution is 9.10. The molecule has 0 unspecified atom stereocenters. The third-order valence-corrected chi connectivity index (χ3v) is 3.47. The summed E-state index contributed by atoms with van der Waals surface area (Å²) in [7, 11) is 0. The molecule has 116 valence electrons. The summed E-state index contributed by atoms with van der Waals surface area (Å²) in [6.45, 7) is 0. The van der Waals surface area contributed by atoms with Crippen molar-refractivity contribution < 1.29 is 33.0 Å². The molecule has 0 radical (unpaired) electrons. The molecule has 0 saturated carbocycles. The fourth-order valence-electron chi connectivity index (χ4n) is 1.99. The molecule has 0 spiro atoms. The highest BCUT2D eigenvalue weighted by atomic mass is 79.9. The second kappa shape index (κ2) is 5.48. The Labute approximate surface area is 129 Å². The lowest BCUT2D eigenvalue weighted by atomic mass is 10.1. The van der Waals surface area contributed by atoms with Gasteiger partial charge in [-0.25, -0.2) is 9.59 Å². The third-order valence-electron chi connectivity index (χ3n) is 2.85. The fraction of sp³-hybridized carbons (Fsp3) is 0.0769. The third kappa shape index (κ3) is 2.71. The number of para-hydroxylation sites is 1. The Morgan fingerprint density at radius 2 is 1.68 bits per heavy atom. The molecule has 0 aliphatic rings. The largest absolute Gasteiger partial charge is 0.478 e. The standard InChI is InChI=1S/C13H7BrF3NO4/c14-9-5-4-8(12(21)22)18(9)10-6(11(19)20)2-1-3-7(10)13(15,16)17/h1-5H,(H,19,20)(H,21,22). The Kier molecular flexibility index (Phi) is 4.01. The maximum atomic E-state index is 13.2. The lowest BCUT2D eigenvalue weighted by Gasteiger charge is -2.18. The van der Waals surface area contributed by atoms with Crippen LogP contribution in [0.5, 0.6) is 0 Å². The van der Waals surface area contributed by atoms with E-state index in [1.165, 1.54) is 6.07 Å². The fourth-order valence-corrected chi connectivity index (χ4v) is 2.49. The van der Waals surface area contributed by atoms with Crippen LogP contribution in [0.4, 0.5) is 13.2 Å². The van der Waals surface area contributed by atoms with Gasteiger partial charge in [-0.05, 0) is 40.2 Å². The molecule has 22 heavy (non-hydrogen) atoms. The lowest BCUT2D eigenvalue weighted by molar-refractivity contribution is -0.137. The summed E-state index contributed by atoms with van der Waals surface area (Å²) in [5, 5.41) is 18.2. The van der Waals surface area contributed by atoms with Gasteiger partial charge in [0.2, 0.25) is 0 Å². The van der Waals surface area contributed by atoms with Gasteiger partial charge in [-0.2, -0.15) is 13.2 Å². The van der Waals surface area contributed by atoms with Crippen molar-refractivity contribution >= 4 is 27.9 Å². The molecule has 0 amide bonds. The minimum absolute atomic E-state index is 0.0101. The first-order chi connectivity index (χ1) is 10.1. The van der Waals surface area contributed by atoms with Gasteiger partial charge in [0.25, 0.3) is 0 Å². The van der Waals surface area contributed by atoms with Gasteiger partial charge in [0.15, 0.2) is 0 Å². The number of rotatable bonds is 3. The van der Waals surface area contributed by atoms with Crippen molar-refractivity contribution in [2.24, 2.45) is 0 Å². The number of benzene rings is 1. The van der Waals surface area contributed by atoms with Crippen molar-refractivity contribution in [3.05, 3.63) is 51.8 Å². The smallest absolute Gasteiger partial charge is 0.418 e. The van der Waals surface area contributed by atoms with Crippen molar-refractivity contribution in [3.63, 3.8) is 0 Å². The minimum atomic E-state index is -4.85. The molecule has 9 heteroatoms. The number of carboxylic acids is 2. The van der Waals surface area contributed by atoms with Crippen LogP contribution < -0.4 is 0 Å². The van der Waals surface area contributed by atoms with Gasteiger partial charge in [-0.15, -0.1) is 0 Å². The molecule has 0 saturated heterocycles. The number of carbonyl (C=O) groups is 2.